The summed E-state index contributed by atoms with van der Waals surface area (Å²) < 4.78 is 40.2. The normalized spacial score (nSPS) is 16.8. The molecule has 4 fully saturated rings. The van der Waals surface area contributed by atoms with E-state index in [0.29, 0.717) is 48.2 Å². The number of aromatic hydroxyl groups is 1. The average Bonchev–Trinajstić information content (AvgIpc) is 0.837. The second kappa shape index (κ2) is 50.9. The molecular weight excluding hydrogens is 1640 g/mol. The summed E-state index contributed by atoms with van der Waals surface area (Å²) in [6.45, 7) is 27.1. The van der Waals surface area contributed by atoms with Crippen LogP contribution in [0.25, 0.3) is 45.0 Å². The van der Waals surface area contributed by atoms with Gasteiger partial charge >= 0.3 is 0 Å². The standard InChI is InChI=1S/C30H32N4O.C28H35FN4.C27H32F2N4.C26H33N5/c35-27-14-12-23(13-15-27)6-5-11-30-32-17-16-28(33-30)26-10-4-7-24(20-26)21-34-19-18-31-29(22-34)25-8-2-1-3-9-25;1-2-33(21-24-10-6-15-30-19-24)20-23-9-3-11-25(17-23)27-14-16-31-28(32-27)13-5-8-22-7-4-12-26(29)18-22;1-3-25-19-32(2)12-13-33(25)18-21-7-4-8-22(14-21)26-10-11-30-27(31-26)9-5-6-20-15-23(28)17-24(29)16-20;1-20(2)25-18-28-15-16-31(25)19-22-6-3-7-23(17-22)24-11-14-29-26(30-24)8-4-5-21-9-12-27-13-10-21/h1-4,7-10,12-17,20,29,31,35H,5-6,11,18-19,21-22H2;3-4,7,9,11-12,14,16-18,24,30H,2,5-6,8,10,13,15,19-21H2,1H3;4,7-8,10-11,14-17,25H,3,5-6,9,12-13,18-19H2,1-2H3;3,6-7,9-14,17,20,25,28H,4-5,8,15-16,18-19H2,1-2H3/t29-;24-;;/m00../s1. The molecule has 5 aromatic heterocycles. The summed E-state index contributed by atoms with van der Waals surface area (Å²) in [5.74, 6) is 3.83. The molecule has 13 aromatic rings. The maximum Gasteiger partial charge on any atom is 0.128 e. The summed E-state index contributed by atoms with van der Waals surface area (Å²) >= 11 is 0. The number of hydrogen-bond acceptors (Lipinski definition) is 18. The molecule has 17 rings (SSSR count). The Kier molecular flexibility index (Phi) is 37.3. The first-order valence-corrected chi connectivity index (χ1v) is 47.9. The van der Waals surface area contributed by atoms with Crippen LogP contribution in [0.4, 0.5) is 13.2 Å². The lowest BCUT2D eigenvalue weighted by molar-refractivity contribution is 0.0812. The van der Waals surface area contributed by atoms with Crippen molar-refractivity contribution < 1.29 is 18.3 Å². The molecule has 21 heteroatoms. The first-order chi connectivity index (χ1) is 64.6. The van der Waals surface area contributed by atoms with Crippen LogP contribution < -0.4 is 16.0 Å². The fourth-order valence-corrected chi connectivity index (χ4v) is 18.4. The lowest BCUT2D eigenvalue weighted by Crippen LogP contribution is -2.52. The molecule has 0 spiro atoms. The van der Waals surface area contributed by atoms with Crippen LogP contribution in [-0.4, -0.2) is 179 Å². The highest BCUT2D eigenvalue weighted by atomic mass is 19.1. The van der Waals surface area contributed by atoms with Crippen LogP contribution in [0.5, 0.6) is 5.75 Å². The molecule has 4 saturated heterocycles. The van der Waals surface area contributed by atoms with Crippen LogP contribution in [0.3, 0.4) is 0 Å². The number of piperidine rings is 1. The summed E-state index contributed by atoms with van der Waals surface area (Å²) in [4.78, 5) is 53.9. The van der Waals surface area contributed by atoms with Gasteiger partial charge < -0.3 is 26.0 Å². The van der Waals surface area contributed by atoms with E-state index < -0.39 is 11.6 Å². The highest BCUT2D eigenvalue weighted by Crippen LogP contribution is 2.29. The Labute approximate surface area is 780 Å². The van der Waals surface area contributed by atoms with Crippen molar-refractivity contribution in [3.05, 3.63) is 359 Å². The highest BCUT2D eigenvalue weighted by Gasteiger charge is 2.28. The molecule has 132 heavy (non-hydrogen) atoms. The molecule has 0 radical (unpaired) electrons. The topological polar surface area (TPSA) is 189 Å². The van der Waals surface area contributed by atoms with Crippen LogP contribution in [0.2, 0.25) is 0 Å². The zero-order chi connectivity index (χ0) is 91.4. The average molecular weight is 1780 g/mol. The lowest BCUT2D eigenvalue weighted by Gasteiger charge is -2.39. The lowest BCUT2D eigenvalue weighted by atomic mass is 9.98. The molecule has 688 valence electrons. The zero-order valence-corrected chi connectivity index (χ0v) is 77.8. The van der Waals surface area contributed by atoms with Gasteiger partial charge in [0.1, 0.15) is 46.5 Å². The smallest absolute Gasteiger partial charge is 0.128 e. The fourth-order valence-electron chi connectivity index (χ4n) is 18.4. The van der Waals surface area contributed by atoms with Gasteiger partial charge in [-0.3, -0.25) is 24.6 Å². The van der Waals surface area contributed by atoms with Crippen LogP contribution in [0, 0.1) is 29.3 Å². The number of aryl methyl sites for hydroxylation is 8. The van der Waals surface area contributed by atoms with E-state index in [1.165, 1.54) is 75.5 Å². The highest BCUT2D eigenvalue weighted by molar-refractivity contribution is 5.63. The number of halogens is 3. The second-order valence-electron chi connectivity index (χ2n) is 36.1. The number of nitrogens with zero attached hydrogens (tertiary/aromatic N) is 14. The van der Waals surface area contributed by atoms with E-state index in [0.717, 1.165) is 262 Å². The minimum atomic E-state index is -0.537. The Morgan fingerprint density at radius 2 is 0.917 bits per heavy atom. The van der Waals surface area contributed by atoms with Gasteiger partial charge in [-0.2, -0.15) is 0 Å². The third-order valence-corrected chi connectivity index (χ3v) is 25.5. The van der Waals surface area contributed by atoms with Gasteiger partial charge in [0.05, 0.1) is 22.8 Å². The van der Waals surface area contributed by atoms with Gasteiger partial charge in [-0.15, -0.1) is 0 Å². The number of hydrogen-bond donors (Lipinski definition) is 4. The van der Waals surface area contributed by atoms with E-state index in [4.69, 9.17) is 19.9 Å². The third kappa shape index (κ3) is 30.8. The van der Waals surface area contributed by atoms with Crippen molar-refractivity contribution in [2.75, 3.05) is 92.1 Å². The quantitative estimate of drug-likeness (QED) is 0.0298. The van der Waals surface area contributed by atoms with E-state index in [-0.39, 0.29) is 5.82 Å². The molecule has 4 aliphatic heterocycles. The Hall–Kier alpha value is -11.5. The monoisotopic (exact) mass is 1780 g/mol. The first kappa shape index (κ1) is 96.6. The van der Waals surface area contributed by atoms with Crippen LogP contribution in [-0.2, 0) is 77.5 Å². The largest absolute Gasteiger partial charge is 0.508 e. The molecule has 8 aromatic carbocycles. The van der Waals surface area contributed by atoms with E-state index >= 15 is 0 Å². The van der Waals surface area contributed by atoms with Crippen LogP contribution >= 0.6 is 0 Å². The minimum absolute atomic E-state index is 0.178. The molecule has 9 heterocycles. The molecule has 0 saturated carbocycles. The molecule has 4 N–H and O–H groups in total. The van der Waals surface area contributed by atoms with E-state index in [1.807, 2.05) is 73.4 Å². The Morgan fingerprint density at radius 1 is 0.424 bits per heavy atom. The molecule has 0 amide bonds. The molecule has 4 atom stereocenters. The van der Waals surface area contributed by atoms with Gasteiger partial charge in [0, 0.05) is 201 Å². The minimum Gasteiger partial charge on any atom is -0.508 e. The maximum absolute atomic E-state index is 13.4. The number of phenols is 1. The van der Waals surface area contributed by atoms with Gasteiger partial charge in [0.25, 0.3) is 0 Å². The fraction of sp³-hybridized carbons (Fsp3) is 0.378. The number of rotatable bonds is 34. The van der Waals surface area contributed by atoms with Crippen LogP contribution in [0.1, 0.15) is 152 Å². The van der Waals surface area contributed by atoms with E-state index in [1.54, 1.807) is 30.5 Å². The summed E-state index contributed by atoms with van der Waals surface area (Å²) in [6.07, 6.45) is 25.0. The zero-order valence-electron chi connectivity index (χ0n) is 77.8. The number of benzene rings is 8. The van der Waals surface area contributed by atoms with Gasteiger partial charge in [0.2, 0.25) is 0 Å². The molecule has 18 nitrogen and oxygen atoms in total. The molecule has 2 unspecified atom stereocenters. The van der Waals surface area contributed by atoms with Crippen molar-refractivity contribution in [3.63, 3.8) is 0 Å². The summed E-state index contributed by atoms with van der Waals surface area (Å²) in [6, 6.07) is 77.2. The Bertz CT molecular complexity index is 5630. The van der Waals surface area contributed by atoms with E-state index in [2.05, 4.69) is 240 Å². The van der Waals surface area contributed by atoms with E-state index in [9.17, 15) is 18.3 Å². The van der Waals surface area contributed by atoms with Crippen molar-refractivity contribution in [3.8, 4) is 50.8 Å². The Balaban J connectivity index is 0.000000142. The summed E-state index contributed by atoms with van der Waals surface area (Å²) in [5, 5.41) is 20.2. The predicted molar refractivity (Wildman–Crippen MR) is 526 cm³/mol. The van der Waals surface area contributed by atoms with Crippen molar-refractivity contribution in [2.45, 2.75) is 168 Å². The van der Waals surface area contributed by atoms with Crippen molar-refractivity contribution in [1.82, 2.24) is 85.3 Å². The van der Waals surface area contributed by atoms with Crippen molar-refractivity contribution in [1.29, 1.82) is 0 Å². The van der Waals surface area contributed by atoms with Gasteiger partial charge in [-0.05, 0) is 256 Å². The maximum atomic E-state index is 13.4. The number of aromatic nitrogens is 9. The predicted octanol–water partition coefficient (Wildman–Crippen LogP) is 19.7. The summed E-state index contributed by atoms with van der Waals surface area (Å²) in [7, 11) is 2.20. The van der Waals surface area contributed by atoms with Gasteiger partial charge in [0.15, 0.2) is 0 Å². The number of nitrogens with one attached hydrogen (secondary N) is 3. The van der Waals surface area contributed by atoms with Gasteiger partial charge in [-0.1, -0.05) is 155 Å². The second-order valence-corrected chi connectivity index (χ2v) is 36.1. The number of piperazine rings is 3. The first-order valence-electron chi connectivity index (χ1n) is 47.9. The van der Waals surface area contributed by atoms with Crippen molar-refractivity contribution in [2.24, 2.45) is 11.8 Å². The van der Waals surface area contributed by atoms with Crippen molar-refractivity contribution >= 4 is 0 Å². The number of pyridine rings is 1. The molecule has 0 bridgehead atoms. The number of phenolic OH excluding ortho intramolecular Hbond substituents is 1. The SMILES string of the molecule is CC(C)C1CNCCN1Cc1cccc(-c2ccnc(CCCc3ccncc3)n2)c1.CCC1CN(C)CCN1Cc1cccc(-c2ccnc(CCCc3cc(F)cc(F)c3)n2)c1.CCN(Cc1cccc(-c2ccnc(CCCc3cccc(F)c3)n2)c1)C[C@H]1CCCNC1.Oc1ccc(CCCc2nccc(-c3cccc(CN4CCN[C@H](c5ccccc5)C4)c3)n2)cc1. The third-order valence-electron chi connectivity index (χ3n) is 25.5. The molecule has 0 aliphatic carbocycles. The molecular formula is C111H132F3N17O. The number of likely N-dealkylation sites (N-methyl/N-ethyl adjacent to an activating group) is 1. The van der Waals surface area contributed by atoms with Crippen LogP contribution in [0.15, 0.2) is 268 Å². The molecule has 4 aliphatic rings. The van der Waals surface area contributed by atoms with Gasteiger partial charge in [-0.25, -0.2) is 53.0 Å². The Morgan fingerprint density at radius 3 is 1.45 bits per heavy atom. The summed E-state index contributed by atoms with van der Waals surface area (Å²) in [5.41, 5.74) is 19.2.